The minimum atomic E-state index is 0.0813. The van der Waals surface area contributed by atoms with Crippen LogP contribution in [0.25, 0.3) is 0 Å². The van der Waals surface area contributed by atoms with E-state index in [4.69, 9.17) is 11.0 Å². The molecule has 1 aliphatic rings. The number of nitrogens with two attached hydrogens (primary N) is 1. The van der Waals surface area contributed by atoms with Gasteiger partial charge >= 0.3 is 0 Å². The van der Waals surface area contributed by atoms with E-state index >= 15 is 0 Å². The monoisotopic (exact) mass is 252 g/mol. The highest BCUT2D eigenvalue weighted by Crippen LogP contribution is 2.22. The van der Waals surface area contributed by atoms with Crippen LogP contribution in [0.15, 0.2) is 0 Å². The van der Waals surface area contributed by atoms with Gasteiger partial charge in [-0.15, -0.1) is 0 Å². The van der Waals surface area contributed by atoms with Gasteiger partial charge in [-0.25, -0.2) is 0 Å². The van der Waals surface area contributed by atoms with Crippen LogP contribution in [-0.4, -0.2) is 55.0 Å². The number of carbonyl (C=O) groups excluding carboxylic acids is 1. The van der Waals surface area contributed by atoms with E-state index in [0.29, 0.717) is 38.0 Å². The molecule has 0 aromatic carbocycles. The highest BCUT2D eigenvalue weighted by Gasteiger charge is 2.29. The predicted molar refractivity (Wildman–Crippen MR) is 70.7 cm³/mol. The highest BCUT2D eigenvalue weighted by molar-refractivity contribution is 5.78. The molecule has 102 valence electrons. The molecule has 5 heteroatoms. The first-order chi connectivity index (χ1) is 8.60. The van der Waals surface area contributed by atoms with Gasteiger partial charge in [-0.1, -0.05) is 6.92 Å². The van der Waals surface area contributed by atoms with E-state index in [1.54, 1.807) is 11.9 Å². The second-order valence-electron chi connectivity index (χ2n) is 5.12. The van der Waals surface area contributed by atoms with Crippen molar-refractivity contribution in [1.29, 1.82) is 5.26 Å². The van der Waals surface area contributed by atoms with Gasteiger partial charge in [-0.2, -0.15) is 5.26 Å². The summed E-state index contributed by atoms with van der Waals surface area (Å²) in [5.41, 5.74) is 5.81. The summed E-state index contributed by atoms with van der Waals surface area (Å²) in [7, 11) is 1.75. The molecule has 1 heterocycles. The van der Waals surface area contributed by atoms with E-state index < -0.39 is 0 Å². The van der Waals surface area contributed by atoms with Crippen LogP contribution in [-0.2, 0) is 4.79 Å². The molecule has 0 saturated carbocycles. The smallest absolute Gasteiger partial charge is 0.236 e. The second-order valence-corrected chi connectivity index (χ2v) is 5.12. The zero-order chi connectivity index (χ0) is 13.5. The first-order valence-electron chi connectivity index (χ1n) is 6.65. The number of amides is 1. The van der Waals surface area contributed by atoms with Crippen LogP contribution in [0.1, 0.15) is 26.2 Å². The Morgan fingerprint density at radius 3 is 2.94 bits per heavy atom. The summed E-state index contributed by atoms with van der Waals surface area (Å²) >= 11 is 0. The van der Waals surface area contributed by atoms with Gasteiger partial charge in [0.05, 0.1) is 19.0 Å². The van der Waals surface area contributed by atoms with Crippen LogP contribution in [0.2, 0.25) is 0 Å². The summed E-state index contributed by atoms with van der Waals surface area (Å²) in [6, 6.07) is 2.37. The summed E-state index contributed by atoms with van der Waals surface area (Å²) in [5, 5.41) is 8.52. The predicted octanol–water partition coefficient (Wildman–Crippen LogP) is 0.418. The third-order valence-electron chi connectivity index (χ3n) is 3.80. The van der Waals surface area contributed by atoms with Crippen molar-refractivity contribution in [2.75, 3.05) is 33.2 Å². The fourth-order valence-electron chi connectivity index (χ4n) is 2.55. The second kappa shape index (κ2) is 7.34. The molecular weight excluding hydrogens is 228 g/mol. The molecule has 2 N–H and O–H groups in total. The van der Waals surface area contributed by atoms with Gasteiger partial charge < -0.3 is 10.6 Å². The molecule has 0 spiro atoms. The molecule has 18 heavy (non-hydrogen) atoms. The first kappa shape index (κ1) is 14.9. The lowest BCUT2D eigenvalue weighted by atomic mass is 9.91. The number of carbonyl (C=O) groups is 1. The molecule has 2 atom stereocenters. The molecule has 0 aromatic heterocycles. The third kappa shape index (κ3) is 3.97. The third-order valence-corrected chi connectivity index (χ3v) is 3.80. The molecule has 0 aliphatic carbocycles. The lowest BCUT2D eigenvalue weighted by Crippen LogP contribution is -2.52. The lowest BCUT2D eigenvalue weighted by molar-refractivity contribution is -0.132. The molecule has 1 amide bonds. The molecule has 1 rings (SSSR count). The Balaban J connectivity index is 2.49. The van der Waals surface area contributed by atoms with Crippen LogP contribution >= 0.6 is 0 Å². The molecule has 1 aliphatic heterocycles. The average molecular weight is 252 g/mol. The standard InChI is InChI=1S/C13H24N4O/c1-11-5-3-8-17(12(11)9-15)10-13(18)16(2)7-4-6-14/h11-12H,3-5,7-10,15H2,1-2H3. The molecule has 2 unspecified atom stereocenters. The normalized spacial score (nSPS) is 24.6. The Labute approximate surface area is 110 Å². The maximum atomic E-state index is 12.0. The quantitative estimate of drug-likeness (QED) is 0.769. The summed E-state index contributed by atoms with van der Waals surface area (Å²) in [4.78, 5) is 15.8. The zero-order valence-electron chi connectivity index (χ0n) is 11.4. The number of rotatable bonds is 5. The Morgan fingerprint density at radius 2 is 2.33 bits per heavy atom. The van der Waals surface area contributed by atoms with Gasteiger partial charge in [-0.3, -0.25) is 9.69 Å². The fraction of sp³-hybridized carbons (Fsp3) is 0.846. The molecular formula is C13H24N4O. The van der Waals surface area contributed by atoms with Gasteiger partial charge in [0.1, 0.15) is 0 Å². The maximum absolute atomic E-state index is 12.0. The Hall–Kier alpha value is -1.12. The van der Waals surface area contributed by atoms with E-state index in [9.17, 15) is 4.79 Å². The SMILES string of the molecule is CC1CCCN(CC(=O)N(C)CCC#N)C1CN. The summed E-state index contributed by atoms with van der Waals surface area (Å²) < 4.78 is 0. The maximum Gasteiger partial charge on any atom is 0.236 e. The van der Waals surface area contributed by atoms with Gasteiger partial charge in [0.15, 0.2) is 0 Å². The van der Waals surface area contributed by atoms with Crippen molar-refractivity contribution < 1.29 is 4.79 Å². The van der Waals surface area contributed by atoms with E-state index in [2.05, 4.69) is 17.9 Å². The van der Waals surface area contributed by atoms with Crippen LogP contribution in [0.4, 0.5) is 0 Å². The zero-order valence-corrected chi connectivity index (χ0v) is 11.4. The molecule has 0 radical (unpaired) electrons. The first-order valence-corrected chi connectivity index (χ1v) is 6.65. The largest absolute Gasteiger partial charge is 0.344 e. The molecule has 0 bridgehead atoms. The van der Waals surface area contributed by atoms with Crippen molar-refractivity contribution in [3.63, 3.8) is 0 Å². The van der Waals surface area contributed by atoms with Gasteiger partial charge in [-0.05, 0) is 25.3 Å². The van der Waals surface area contributed by atoms with Crippen LogP contribution in [0.5, 0.6) is 0 Å². The minimum absolute atomic E-state index is 0.0813. The van der Waals surface area contributed by atoms with Crippen LogP contribution in [0.3, 0.4) is 0 Å². The lowest BCUT2D eigenvalue weighted by Gasteiger charge is -2.39. The van der Waals surface area contributed by atoms with Gasteiger partial charge in [0.2, 0.25) is 5.91 Å². The van der Waals surface area contributed by atoms with Crippen molar-refractivity contribution in [2.45, 2.75) is 32.2 Å². The summed E-state index contributed by atoms with van der Waals surface area (Å²) in [5.74, 6) is 0.638. The van der Waals surface area contributed by atoms with Crippen LogP contribution < -0.4 is 5.73 Å². The minimum Gasteiger partial charge on any atom is -0.344 e. The van der Waals surface area contributed by atoms with Crippen molar-refractivity contribution in [3.05, 3.63) is 0 Å². The van der Waals surface area contributed by atoms with E-state index in [1.165, 1.54) is 6.42 Å². The average Bonchev–Trinajstić information content (AvgIpc) is 2.36. The van der Waals surface area contributed by atoms with Crippen molar-refractivity contribution in [2.24, 2.45) is 11.7 Å². The number of hydrogen-bond acceptors (Lipinski definition) is 4. The fourth-order valence-corrected chi connectivity index (χ4v) is 2.55. The number of nitrogens with zero attached hydrogens (tertiary/aromatic N) is 3. The number of likely N-dealkylation sites (N-methyl/N-ethyl adjacent to an activating group) is 1. The van der Waals surface area contributed by atoms with Crippen molar-refractivity contribution in [1.82, 2.24) is 9.80 Å². The molecule has 5 nitrogen and oxygen atoms in total. The van der Waals surface area contributed by atoms with E-state index in [-0.39, 0.29) is 5.91 Å². The van der Waals surface area contributed by atoms with Gasteiger partial charge in [0.25, 0.3) is 0 Å². The van der Waals surface area contributed by atoms with Crippen LogP contribution in [0, 0.1) is 17.2 Å². The number of likely N-dealkylation sites (tertiary alicyclic amines) is 1. The highest BCUT2D eigenvalue weighted by atomic mass is 16.2. The summed E-state index contributed by atoms with van der Waals surface area (Å²) in [6.07, 6.45) is 2.71. The van der Waals surface area contributed by atoms with E-state index in [1.807, 2.05) is 0 Å². The Bertz CT molecular complexity index is 313. The van der Waals surface area contributed by atoms with Crippen molar-refractivity contribution in [3.8, 4) is 6.07 Å². The number of hydrogen-bond donors (Lipinski definition) is 1. The number of piperidine rings is 1. The Morgan fingerprint density at radius 1 is 1.61 bits per heavy atom. The molecule has 1 fully saturated rings. The Kier molecular flexibility index (Phi) is 6.10. The van der Waals surface area contributed by atoms with Gasteiger partial charge in [0, 0.05) is 26.2 Å². The van der Waals surface area contributed by atoms with Crippen molar-refractivity contribution >= 4 is 5.91 Å². The summed E-state index contributed by atoms with van der Waals surface area (Å²) in [6.45, 7) is 4.69. The molecule has 0 aromatic rings. The topological polar surface area (TPSA) is 73.4 Å². The number of nitriles is 1. The van der Waals surface area contributed by atoms with E-state index in [0.717, 1.165) is 13.0 Å². The molecule has 1 saturated heterocycles.